The van der Waals surface area contributed by atoms with Gasteiger partial charge in [0.2, 0.25) is 0 Å². The van der Waals surface area contributed by atoms with Gasteiger partial charge in [-0.2, -0.15) is 11.3 Å². The van der Waals surface area contributed by atoms with Crippen LogP contribution in [0.4, 0.5) is 5.00 Å². The molecule has 27 heavy (non-hydrogen) atoms. The van der Waals surface area contributed by atoms with Crippen molar-refractivity contribution in [3.05, 3.63) is 45.0 Å². The summed E-state index contributed by atoms with van der Waals surface area (Å²) in [7, 11) is 0. The Labute approximate surface area is 165 Å². The van der Waals surface area contributed by atoms with Gasteiger partial charge in [-0.25, -0.2) is 9.59 Å². The van der Waals surface area contributed by atoms with Crippen molar-refractivity contribution >= 4 is 51.6 Å². The quantitative estimate of drug-likeness (QED) is 0.521. The third-order valence-corrected chi connectivity index (χ3v) is 5.42. The zero-order valence-electron chi connectivity index (χ0n) is 15.3. The van der Waals surface area contributed by atoms with Crippen molar-refractivity contribution in [1.82, 2.24) is 0 Å². The van der Waals surface area contributed by atoms with Gasteiger partial charge in [0.25, 0.3) is 5.91 Å². The summed E-state index contributed by atoms with van der Waals surface area (Å²) in [6.45, 7) is 5.51. The molecule has 0 saturated heterocycles. The molecule has 144 valence electrons. The number of nitrogens with one attached hydrogen (secondary N) is 1. The molecule has 0 spiro atoms. The Morgan fingerprint density at radius 3 is 2.67 bits per heavy atom. The molecule has 0 saturated carbocycles. The number of anilines is 1. The Bertz CT molecular complexity index is 821. The first-order chi connectivity index (χ1) is 12.9. The van der Waals surface area contributed by atoms with E-state index in [1.54, 1.807) is 19.1 Å². The van der Waals surface area contributed by atoms with Crippen LogP contribution >= 0.6 is 22.7 Å². The lowest BCUT2D eigenvalue weighted by atomic mass is 10.1. The zero-order valence-corrected chi connectivity index (χ0v) is 16.9. The minimum atomic E-state index is -0.615. The van der Waals surface area contributed by atoms with Gasteiger partial charge >= 0.3 is 11.9 Å². The average molecular weight is 408 g/mol. The Morgan fingerprint density at radius 2 is 2.04 bits per heavy atom. The zero-order chi connectivity index (χ0) is 19.8. The summed E-state index contributed by atoms with van der Waals surface area (Å²) in [5.41, 5.74) is 1.20. The highest BCUT2D eigenvalue weighted by atomic mass is 32.1. The summed E-state index contributed by atoms with van der Waals surface area (Å²) in [5, 5.41) is 6.80. The second kappa shape index (κ2) is 10.0. The van der Waals surface area contributed by atoms with E-state index in [1.807, 2.05) is 30.7 Å². The number of hydrogen-bond donors (Lipinski definition) is 1. The molecular formula is C19H21NO5S2. The predicted molar refractivity (Wildman–Crippen MR) is 107 cm³/mol. The van der Waals surface area contributed by atoms with Crippen molar-refractivity contribution in [2.45, 2.75) is 26.7 Å². The number of rotatable bonds is 8. The number of esters is 2. The summed E-state index contributed by atoms with van der Waals surface area (Å²) in [5.74, 6) is -1.42. The van der Waals surface area contributed by atoms with Crippen molar-refractivity contribution in [2.24, 2.45) is 0 Å². The first kappa shape index (κ1) is 20.9. The van der Waals surface area contributed by atoms with Crippen LogP contribution in [0.1, 0.15) is 47.5 Å². The van der Waals surface area contributed by atoms with Crippen molar-refractivity contribution in [3.8, 4) is 0 Å². The minimum Gasteiger partial charge on any atom is -0.462 e. The first-order valence-corrected chi connectivity index (χ1v) is 10.1. The van der Waals surface area contributed by atoms with Gasteiger partial charge in [0.15, 0.2) is 6.61 Å². The minimum absolute atomic E-state index is 0.203. The lowest BCUT2D eigenvalue weighted by molar-refractivity contribution is -0.142. The van der Waals surface area contributed by atoms with Gasteiger partial charge in [0.05, 0.1) is 12.2 Å². The van der Waals surface area contributed by atoms with E-state index in [2.05, 4.69) is 5.32 Å². The summed E-state index contributed by atoms with van der Waals surface area (Å²) < 4.78 is 9.96. The standard InChI is InChI=1S/C19H21NO5S2/c1-4-24-19(23)14-9-15(12(2)3)27-18(14)20-16(21)10-25-17(22)6-5-13-7-8-26-11-13/h5-9,11-12H,4,10H2,1-3H3,(H,20,21)/b6-5+. The van der Waals surface area contributed by atoms with Crippen LogP contribution < -0.4 is 5.32 Å². The van der Waals surface area contributed by atoms with E-state index in [0.29, 0.717) is 10.6 Å². The molecule has 0 fully saturated rings. The van der Waals surface area contributed by atoms with Crippen LogP contribution in [0.3, 0.4) is 0 Å². The van der Waals surface area contributed by atoms with Crippen LogP contribution in [0.2, 0.25) is 0 Å². The summed E-state index contributed by atoms with van der Waals surface area (Å²) >= 11 is 2.82. The smallest absolute Gasteiger partial charge is 0.341 e. The van der Waals surface area contributed by atoms with Crippen LogP contribution in [0, 0.1) is 0 Å². The van der Waals surface area contributed by atoms with Gasteiger partial charge in [-0.3, -0.25) is 4.79 Å². The van der Waals surface area contributed by atoms with Crippen molar-refractivity contribution < 1.29 is 23.9 Å². The molecule has 2 aromatic heterocycles. The lowest BCUT2D eigenvalue weighted by Crippen LogP contribution is -2.20. The van der Waals surface area contributed by atoms with Gasteiger partial charge < -0.3 is 14.8 Å². The first-order valence-electron chi connectivity index (χ1n) is 8.38. The van der Waals surface area contributed by atoms with Crippen molar-refractivity contribution in [3.63, 3.8) is 0 Å². The van der Waals surface area contributed by atoms with E-state index >= 15 is 0 Å². The Kier molecular flexibility index (Phi) is 7.75. The molecule has 0 aromatic carbocycles. The molecule has 2 heterocycles. The highest BCUT2D eigenvalue weighted by Crippen LogP contribution is 2.33. The monoisotopic (exact) mass is 407 g/mol. The molecule has 8 heteroatoms. The molecule has 6 nitrogen and oxygen atoms in total. The Morgan fingerprint density at radius 1 is 1.26 bits per heavy atom. The molecule has 1 N–H and O–H groups in total. The summed E-state index contributed by atoms with van der Waals surface area (Å²) in [6, 6.07) is 3.58. The fourth-order valence-corrected chi connectivity index (χ4v) is 3.72. The topological polar surface area (TPSA) is 81.7 Å². The van der Waals surface area contributed by atoms with Crippen LogP contribution in [0.5, 0.6) is 0 Å². The van der Waals surface area contributed by atoms with E-state index in [9.17, 15) is 14.4 Å². The van der Waals surface area contributed by atoms with Crippen molar-refractivity contribution in [2.75, 3.05) is 18.5 Å². The van der Waals surface area contributed by atoms with Crippen LogP contribution in [-0.4, -0.2) is 31.1 Å². The van der Waals surface area contributed by atoms with E-state index in [1.165, 1.54) is 28.7 Å². The Balaban J connectivity index is 1.96. The molecule has 0 aliphatic carbocycles. The fraction of sp³-hybridized carbons (Fsp3) is 0.316. The number of amides is 1. The maximum atomic E-state index is 12.1. The van der Waals surface area contributed by atoms with Gasteiger partial charge in [-0.1, -0.05) is 13.8 Å². The molecule has 0 radical (unpaired) electrons. The molecule has 2 rings (SSSR count). The number of carbonyl (C=O) groups is 3. The van der Waals surface area contributed by atoms with Gasteiger partial charge in [-0.05, 0) is 47.4 Å². The molecule has 0 atom stereocenters. The number of ether oxygens (including phenoxy) is 2. The third kappa shape index (κ3) is 6.33. The molecule has 1 amide bonds. The second-order valence-corrected chi connectivity index (χ2v) is 7.68. The number of carbonyl (C=O) groups excluding carboxylic acids is 3. The third-order valence-electron chi connectivity index (χ3n) is 3.37. The maximum Gasteiger partial charge on any atom is 0.341 e. The Hall–Kier alpha value is -2.45. The van der Waals surface area contributed by atoms with Gasteiger partial charge in [0, 0.05) is 11.0 Å². The SMILES string of the molecule is CCOC(=O)c1cc(C(C)C)sc1NC(=O)COC(=O)/C=C/c1ccsc1. The predicted octanol–water partition coefficient (Wildman–Crippen LogP) is 4.30. The summed E-state index contributed by atoms with van der Waals surface area (Å²) in [6.07, 6.45) is 2.88. The molecule has 0 aliphatic heterocycles. The molecule has 0 unspecified atom stereocenters. The van der Waals surface area contributed by atoms with E-state index in [-0.39, 0.29) is 12.5 Å². The molecule has 0 aliphatic rings. The summed E-state index contributed by atoms with van der Waals surface area (Å²) in [4.78, 5) is 36.8. The maximum absolute atomic E-state index is 12.1. The largest absolute Gasteiger partial charge is 0.462 e. The number of hydrogen-bond acceptors (Lipinski definition) is 7. The van der Waals surface area contributed by atoms with Crippen molar-refractivity contribution in [1.29, 1.82) is 0 Å². The van der Waals surface area contributed by atoms with Crippen LogP contribution in [0.25, 0.3) is 6.08 Å². The van der Waals surface area contributed by atoms with E-state index in [4.69, 9.17) is 9.47 Å². The highest BCUT2D eigenvalue weighted by molar-refractivity contribution is 7.16. The normalized spacial score (nSPS) is 11.0. The lowest BCUT2D eigenvalue weighted by Gasteiger charge is -2.06. The van der Waals surface area contributed by atoms with E-state index < -0.39 is 24.5 Å². The molecule has 0 bridgehead atoms. The highest BCUT2D eigenvalue weighted by Gasteiger charge is 2.20. The van der Waals surface area contributed by atoms with Gasteiger partial charge in [-0.15, -0.1) is 11.3 Å². The second-order valence-electron chi connectivity index (χ2n) is 5.81. The van der Waals surface area contributed by atoms with Gasteiger partial charge in [0.1, 0.15) is 5.00 Å². The van der Waals surface area contributed by atoms with Crippen LogP contribution in [-0.2, 0) is 19.1 Å². The average Bonchev–Trinajstić information content (AvgIpc) is 3.28. The van der Waals surface area contributed by atoms with Crippen LogP contribution in [0.15, 0.2) is 29.0 Å². The number of thiophene rings is 2. The molecular weight excluding hydrogens is 386 g/mol. The molecule has 2 aromatic rings. The van der Waals surface area contributed by atoms with E-state index in [0.717, 1.165) is 10.4 Å². The fourth-order valence-electron chi connectivity index (χ4n) is 2.03.